The van der Waals surface area contributed by atoms with Crippen LogP contribution >= 0.6 is 22.6 Å². The molecule has 1 amide bonds. The van der Waals surface area contributed by atoms with Crippen LogP contribution < -0.4 is 0 Å². The first-order valence-electron chi connectivity index (χ1n) is 7.68. The predicted molar refractivity (Wildman–Crippen MR) is 100 cm³/mol. The van der Waals surface area contributed by atoms with Gasteiger partial charge in [-0.3, -0.25) is 4.79 Å². The molecule has 1 aliphatic rings. The van der Waals surface area contributed by atoms with Crippen LogP contribution in [0.5, 0.6) is 0 Å². The average molecular weight is 474 g/mol. The van der Waals surface area contributed by atoms with E-state index in [1.807, 2.05) is 12.1 Å². The Hall–Kier alpha value is -1.52. The maximum atomic E-state index is 13.3. The monoisotopic (exact) mass is 474 g/mol. The number of sulfonamides is 1. The van der Waals surface area contributed by atoms with E-state index in [1.54, 1.807) is 17.0 Å². The molecule has 0 bridgehead atoms. The molecule has 1 fully saturated rings. The number of piperazine rings is 1. The lowest BCUT2D eigenvalue weighted by Gasteiger charge is -2.34. The van der Waals surface area contributed by atoms with Crippen molar-refractivity contribution in [1.29, 1.82) is 0 Å². The topological polar surface area (TPSA) is 57.7 Å². The van der Waals surface area contributed by atoms with E-state index in [2.05, 4.69) is 22.6 Å². The molecule has 1 aliphatic heterocycles. The Morgan fingerprint density at radius 3 is 2.32 bits per heavy atom. The molecule has 1 heterocycles. The van der Waals surface area contributed by atoms with Crippen molar-refractivity contribution in [3.63, 3.8) is 0 Å². The lowest BCUT2D eigenvalue weighted by molar-refractivity contribution is 0.0698. The van der Waals surface area contributed by atoms with Crippen molar-refractivity contribution in [1.82, 2.24) is 9.21 Å². The van der Waals surface area contributed by atoms with Gasteiger partial charge in [-0.2, -0.15) is 4.31 Å². The number of halogens is 2. The van der Waals surface area contributed by atoms with Crippen LogP contribution in [0.2, 0.25) is 0 Å². The minimum atomic E-state index is -3.75. The molecule has 5 nitrogen and oxygen atoms in total. The SMILES string of the molecule is O=C(c1cccc(I)c1)N1CCN(S(=O)(=O)c2cccc(F)c2)CC1. The Morgan fingerprint density at radius 1 is 1.00 bits per heavy atom. The van der Waals surface area contributed by atoms with Gasteiger partial charge in [0.2, 0.25) is 10.0 Å². The van der Waals surface area contributed by atoms with Crippen molar-refractivity contribution in [3.8, 4) is 0 Å². The summed E-state index contributed by atoms with van der Waals surface area (Å²) in [5, 5.41) is 0. The van der Waals surface area contributed by atoms with Crippen molar-refractivity contribution in [2.75, 3.05) is 26.2 Å². The third-order valence-electron chi connectivity index (χ3n) is 4.03. The number of benzene rings is 2. The van der Waals surface area contributed by atoms with Crippen LogP contribution in [0.4, 0.5) is 4.39 Å². The molecule has 2 aromatic carbocycles. The van der Waals surface area contributed by atoms with Crippen LogP contribution in [0.3, 0.4) is 0 Å². The lowest BCUT2D eigenvalue weighted by atomic mass is 10.2. The van der Waals surface area contributed by atoms with Crippen molar-refractivity contribution in [2.45, 2.75) is 4.90 Å². The minimum absolute atomic E-state index is 0.0649. The molecule has 0 atom stereocenters. The van der Waals surface area contributed by atoms with Gasteiger partial charge in [-0.1, -0.05) is 12.1 Å². The van der Waals surface area contributed by atoms with Gasteiger partial charge in [-0.15, -0.1) is 0 Å². The smallest absolute Gasteiger partial charge is 0.253 e. The molecule has 1 saturated heterocycles. The normalized spacial score (nSPS) is 16.0. The first-order valence-corrected chi connectivity index (χ1v) is 10.2. The van der Waals surface area contributed by atoms with E-state index in [-0.39, 0.29) is 23.9 Å². The van der Waals surface area contributed by atoms with Gasteiger partial charge in [0, 0.05) is 35.3 Å². The summed E-state index contributed by atoms with van der Waals surface area (Å²) in [6, 6.07) is 12.2. The number of carbonyl (C=O) groups is 1. The van der Waals surface area contributed by atoms with E-state index in [9.17, 15) is 17.6 Å². The second kappa shape index (κ2) is 7.38. The average Bonchev–Trinajstić information content (AvgIpc) is 2.61. The summed E-state index contributed by atoms with van der Waals surface area (Å²) < 4.78 is 40.7. The van der Waals surface area contributed by atoms with Gasteiger partial charge in [0.25, 0.3) is 5.91 Å². The highest BCUT2D eigenvalue weighted by Gasteiger charge is 2.30. The number of hydrogen-bond acceptors (Lipinski definition) is 3. The molecule has 132 valence electrons. The fourth-order valence-electron chi connectivity index (χ4n) is 2.71. The highest BCUT2D eigenvalue weighted by Crippen LogP contribution is 2.19. The zero-order valence-electron chi connectivity index (χ0n) is 13.2. The first kappa shape index (κ1) is 18.3. The molecule has 0 aromatic heterocycles. The summed E-state index contributed by atoms with van der Waals surface area (Å²) in [5.41, 5.74) is 0.591. The molecule has 0 saturated carbocycles. The van der Waals surface area contributed by atoms with Crippen LogP contribution in [0.15, 0.2) is 53.4 Å². The van der Waals surface area contributed by atoms with E-state index in [0.717, 1.165) is 9.64 Å². The largest absolute Gasteiger partial charge is 0.336 e. The molecule has 0 N–H and O–H groups in total. The zero-order valence-corrected chi connectivity index (χ0v) is 16.2. The summed E-state index contributed by atoms with van der Waals surface area (Å²) in [5.74, 6) is -0.699. The summed E-state index contributed by atoms with van der Waals surface area (Å²) in [6.45, 7) is 0.987. The van der Waals surface area contributed by atoms with E-state index < -0.39 is 15.8 Å². The fourth-order valence-corrected chi connectivity index (χ4v) is 4.71. The highest BCUT2D eigenvalue weighted by atomic mass is 127. The van der Waals surface area contributed by atoms with Crippen molar-refractivity contribution < 1.29 is 17.6 Å². The number of rotatable bonds is 3. The molecular formula is C17H16FIN2O3S. The fraction of sp³-hybridized carbons (Fsp3) is 0.235. The second-order valence-electron chi connectivity index (χ2n) is 5.66. The molecule has 0 aliphatic carbocycles. The van der Waals surface area contributed by atoms with Crippen LogP contribution in [-0.4, -0.2) is 49.7 Å². The van der Waals surface area contributed by atoms with Gasteiger partial charge < -0.3 is 4.90 Å². The van der Waals surface area contributed by atoms with Crippen LogP contribution in [-0.2, 0) is 10.0 Å². The lowest BCUT2D eigenvalue weighted by Crippen LogP contribution is -2.50. The first-order chi connectivity index (χ1) is 11.9. The van der Waals surface area contributed by atoms with Gasteiger partial charge in [-0.25, -0.2) is 12.8 Å². The Labute approximate surface area is 159 Å². The molecule has 8 heteroatoms. The minimum Gasteiger partial charge on any atom is -0.336 e. The number of hydrogen-bond donors (Lipinski definition) is 0. The van der Waals surface area contributed by atoms with Gasteiger partial charge in [0.05, 0.1) is 4.90 Å². The zero-order chi connectivity index (χ0) is 18.0. The van der Waals surface area contributed by atoms with Gasteiger partial charge >= 0.3 is 0 Å². The van der Waals surface area contributed by atoms with E-state index >= 15 is 0 Å². The molecule has 0 radical (unpaired) electrons. The third-order valence-corrected chi connectivity index (χ3v) is 6.60. The molecule has 2 aromatic rings. The van der Waals surface area contributed by atoms with E-state index in [0.29, 0.717) is 18.7 Å². The van der Waals surface area contributed by atoms with Crippen molar-refractivity contribution in [3.05, 3.63) is 63.5 Å². The van der Waals surface area contributed by atoms with Crippen LogP contribution in [0, 0.1) is 9.39 Å². The third kappa shape index (κ3) is 4.01. The van der Waals surface area contributed by atoms with Gasteiger partial charge in [-0.05, 0) is 59.0 Å². The van der Waals surface area contributed by atoms with E-state index in [4.69, 9.17) is 0 Å². The maximum Gasteiger partial charge on any atom is 0.253 e. The van der Waals surface area contributed by atoms with Crippen LogP contribution in [0.1, 0.15) is 10.4 Å². The quantitative estimate of drug-likeness (QED) is 0.643. The highest BCUT2D eigenvalue weighted by molar-refractivity contribution is 14.1. The Morgan fingerprint density at radius 2 is 1.68 bits per heavy atom. The molecule has 3 rings (SSSR count). The summed E-state index contributed by atoms with van der Waals surface area (Å²) in [7, 11) is -3.75. The summed E-state index contributed by atoms with van der Waals surface area (Å²) in [6.07, 6.45) is 0. The predicted octanol–water partition coefficient (Wildman–Crippen LogP) is 2.58. The number of nitrogens with zero attached hydrogens (tertiary/aromatic N) is 2. The van der Waals surface area contributed by atoms with Crippen molar-refractivity contribution in [2.24, 2.45) is 0 Å². The molecule has 0 unspecified atom stereocenters. The van der Waals surface area contributed by atoms with Crippen molar-refractivity contribution >= 4 is 38.5 Å². The van der Waals surface area contributed by atoms with Crippen LogP contribution in [0.25, 0.3) is 0 Å². The maximum absolute atomic E-state index is 13.3. The summed E-state index contributed by atoms with van der Waals surface area (Å²) >= 11 is 2.14. The molecule has 25 heavy (non-hydrogen) atoms. The standard InChI is InChI=1S/C17H16FIN2O3S/c18-14-4-2-6-16(12-14)25(23,24)21-9-7-20(8-10-21)17(22)13-3-1-5-15(19)11-13/h1-6,11-12H,7-10H2. The Bertz CT molecular complexity index is 896. The molecule has 0 spiro atoms. The Balaban J connectivity index is 1.70. The number of amides is 1. The van der Waals surface area contributed by atoms with Gasteiger partial charge in [0.1, 0.15) is 5.82 Å². The Kier molecular flexibility index (Phi) is 5.40. The van der Waals surface area contributed by atoms with E-state index in [1.165, 1.54) is 22.5 Å². The molecular weight excluding hydrogens is 458 g/mol. The second-order valence-corrected chi connectivity index (χ2v) is 8.85. The van der Waals surface area contributed by atoms with Gasteiger partial charge in [0.15, 0.2) is 0 Å². The number of carbonyl (C=O) groups excluding carboxylic acids is 1. The summed E-state index contributed by atoms with van der Waals surface area (Å²) in [4.78, 5) is 14.1.